The van der Waals surface area contributed by atoms with E-state index in [1.807, 2.05) is 0 Å². The molecule has 0 aromatic carbocycles. The largest absolute Gasteiger partial charge is 0.464 e. The maximum atomic E-state index is 12.4. The number of esters is 1. The molecule has 6 nitrogen and oxygen atoms in total. The number of hydrogen-bond donors (Lipinski definition) is 2. The molecule has 5 fully saturated rings. The van der Waals surface area contributed by atoms with E-state index in [-0.39, 0.29) is 11.6 Å². The minimum atomic E-state index is -0.312. The zero-order valence-corrected chi connectivity index (χ0v) is 17.2. The molecule has 5 saturated carbocycles. The Morgan fingerprint density at radius 1 is 1.04 bits per heavy atom. The maximum absolute atomic E-state index is 12.4. The van der Waals surface area contributed by atoms with Gasteiger partial charge < -0.3 is 9.47 Å². The van der Waals surface area contributed by atoms with Crippen LogP contribution in [0, 0.1) is 17.8 Å². The second-order valence-electron chi connectivity index (χ2n) is 9.95. The van der Waals surface area contributed by atoms with Crippen molar-refractivity contribution in [2.24, 2.45) is 17.8 Å². The molecular formula is C22H35N3O3. The van der Waals surface area contributed by atoms with Crippen LogP contribution in [0.5, 0.6) is 0 Å². The van der Waals surface area contributed by atoms with Crippen molar-refractivity contribution >= 4 is 5.97 Å². The molecule has 6 heteroatoms. The highest BCUT2D eigenvalue weighted by Crippen LogP contribution is 2.57. The summed E-state index contributed by atoms with van der Waals surface area (Å²) >= 11 is 0. The number of methoxy groups -OCH3 is 1. The van der Waals surface area contributed by atoms with E-state index < -0.39 is 0 Å². The van der Waals surface area contributed by atoms with Gasteiger partial charge in [-0.15, -0.1) is 5.53 Å². The Balaban J connectivity index is 1.34. The van der Waals surface area contributed by atoms with Gasteiger partial charge in [-0.25, -0.2) is 4.79 Å². The van der Waals surface area contributed by atoms with Crippen molar-refractivity contribution in [3.8, 4) is 0 Å². The number of carbonyl (C=O) groups excluding carboxylic acids is 1. The Kier molecular flexibility index (Phi) is 5.04. The summed E-state index contributed by atoms with van der Waals surface area (Å²) in [6, 6.07) is 0.409. The van der Waals surface area contributed by atoms with Crippen molar-refractivity contribution in [1.29, 1.82) is 0 Å². The molecule has 0 aromatic heterocycles. The zero-order chi connectivity index (χ0) is 19.1. The fourth-order valence-electron chi connectivity index (χ4n) is 7.05. The third-order valence-electron chi connectivity index (χ3n) is 7.96. The average Bonchev–Trinajstić information content (AvgIpc) is 2.90. The maximum Gasteiger partial charge on any atom is 0.357 e. The van der Waals surface area contributed by atoms with Crippen LogP contribution in [0.2, 0.25) is 0 Å². The normalized spacial score (nSPS) is 37.9. The molecule has 156 valence electrons. The highest BCUT2D eigenvalue weighted by atomic mass is 16.5. The Morgan fingerprint density at radius 2 is 1.64 bits per heavy atom. The van der Waals surface area contributed by atoms with Crippen LogP contribution >= 0.6 is 0 Å². The van der Waals surface area contributed by atoms with E-state index in [1.165, 1.54) is 71.3 Å². The molecule has 6 rings (SSSR count). The minimum Gasteiger partial charge on any atom is -0.464 e. The first-order valence-electron chi connectivity index (χ1n) is 11.4. The van der Waals surface area contributed by atoms with Crippen LogP contribution in [-0.4, -0.2) is 36.3 Å². The molecule has 1 aliphatic heterocycles. The summed E-state index contributed by atoms with van der Waals surface area (Å²) in [5.74, 6) is 2.27. The first-order chi connectivity index (χ1) is 13.7. The van der Waals surface area contributed by atoms with Gasteiger partial charge in [-0.2, -0.15) is 0 Å². The van der Waals surface area contributed by atoms with E-state index >= 15 is 0 Å². The van der Waals surface area contributed by atoms with Crippen LogP contribution in [0.25, 0.3) is 0 Å². The average molecular weight is 390 g/mol. The van der Waals surface area contributed by atoms with Crippen molar-refractivity contribution in [3.63, 3.8) is 0 Å². The van der Waals surface area contributed by atoms with Gasteiger partial charge in [-0.1, -0.05) is 25.7 Å². The molecular weight excluding hydrogens is 354 g/mol. The lowest BCUT2D eigenvalue weighted by molar-refractivity contribution is -0.160. The van der Waals surface area contributed by atoms with Crippen molar-refractivity contribution in [2.45, 2.75) is 88.7 Å². The molecule has 28 heavy (non-hydrogen) atoms. The van der Waals surface area contributed by atoms with Gasteiger partial charge in [0.25, 0.3) is 0 Å². The fraction of sp³-hybridized carbons (Fsp3) is 0.864. The minimum absolute atomic E-state index is 0.0424. The van der Waals surface area contributed by atoms with Crippen molar-refractivity contribution in [3.05, 3.63) is 11.4 Å². The molecule has 0 saturated heterocycles. The number of hydrazine groups is 2. The lowest BCUT2D eigenvalue weighted by Gasteiger charge is -2.56. The summed E-state index contributed by atoms with van der Waals surface area (Å²) in [6.07, 6.45) is 15.3. The molecule has 0 radical (unpaired) electrons. The third kappa shape index (κ3) is 3.43. The van der Waals surface area contributed by atoms with E-state index in [9.17, 15) is 4.79 Å². The van der Waals surface area contributed by atoms with E-state index in [4.69, 9.17) is 9.47 Å². The Bertz CT molecular complexity index is 604. The molecule has 0 atom stereocenters. The van der Waals surface area contributed by atoms with Gasteiger partial charge in [0, 0.05) is 6.04 Å². The smallest absolute Gasteiger partial charge is 0.357 e. The van der Waals surface area contributed by atoms with Crippen LogP contribution in [0.4, 0.5) is 0 Å². The van der Waals surface area contributed by atoms with Gasteiger partial charge in [-0.05, 0) is 69.1 Å². The van der Waals surface area contributed by atoms with E-state index in [0.717, 1.165) is 36.3 Å². The lowest BCUT2D eigenvalue weighted by Crippen LogP contribution is -2.52. The second kappa shape index (κ2) is 7.52. The molecule has 0 aromatic rings. The summed E-state index contributed by atoms with van der Waals surface area (Å²) in [6.45, 7) is 0.493. The first-order valence-corrected chi connectivity index (χ1v) is 11.4. The van der Waals surface area contributed by atoms with Gasteiger partial charge in [0.15, 0.2) is 5.70 Å². The molecule has 0 amide bonds. The molecule has 1 heterocycles. The number of rotatable bonds is 5. The Morgan fingerprint density at radius 3 is 2.21 bits per heavy atom. The first kappa shape index (κ1) is 18.7. The number of carbonyl (C=O) groups is 1. The molecule has 5 aliphatic carbocycles. The molecule has 0 unspecified atom stereocenters. The molecule has 2 N–H and O–H groups in total. The molecule has 6 aliphatic rings. The predicted molar refractivity (Wildman–Crippen MR) is 105 cm³/mol. The predicted octanol–water partition coefficient (Wildman–Crippen LogP) is 3.40. The van der Waals surface area contributed by atoms with Gasteiger partial charge in [-0.3, -0.25) is 10.4 Å². The van der Waals surface area contributed by atoms with E-state index in [0.29, 0.717) is 18.3 Å². The van der Waals surface area contributed by atoms with Gasteiger partial charge in [0.05, 0.1) is 25.0 Å². The van der Waals surface area contributed by atoms with Crippen molar-refractivity contribution < 1.29 is 14.3 Å². The number of ether oxygens (including phenoxy) is 2. The topological polar surface area (TPSA) is 62.8 Å². The zero-order valence-electron chi connectivity index (χ0n) is 17.2. The number of nitrogens with one attached hydrogen (secondary N) is 2. The van der Waals surface area contributed by atoms with Crippen LogP contribution < -0.4 is 11.0 Å². The highest BCUT2D eigenvalue weighted by molar-refractivity contribution is 5.88. The van der Waals surface area contributed by atoms with Crippen LogP contribution in [0.15, 0.2) is 11.4 Å². The molecule has 0 spiro atoms. The Hall–Kier alpha value is -1.27. The van der Waals surface area contributed by atoms with E-state index in [1.54, 1.807) is 0 Å². The van der Waals surface area contributed by atoms with Gasteiger partial charge in [0.1, 0.15) is 0 Å². The van der Waals surface area contributed by atoms with Crippen molar-refractivity contribution in [2.75, 3.05) is 13.7 Å². The van der Waals surface area contributed by atoms with Gasteiger partial charge >= 0.3 is 5.97 Å². The fourth-order valence-corrected chi connectivity index (χ4v) is 7.05. The van der Waals surface area contributed by atoms with E-state index in [2.05, 4.69) is 16.0 Å². The highest BCUT2D eigenvalue weighted by Gasteiger charge is 2.52. The second-order valence-corrected chi connectivity index (χ2v) is 9.95. The standard InChI is InChI=1S/C22H35N3O3/c1-27-21(26)20-19(25(24-23-20)18-6-4-2-3-5-7-18)14-28-22-11-15-8-16(12-22)10-17(9-15)13-22/h15-18,23-24H,2-14H2,1H3. The quantitative estimate of drug-likeness (QED) is 0.555. The summed E-state index contributed by atoms with van der Waals surface area (Å²) in [5.41, 5.74) is 7.85. The van der Waals surface area contributed by atoms with Crippen LogP contribution in [0.1, 0.15) is 77.0 Å². The number of hydrogen-bond acceptors (Lipinski definition) is 6. The Labute approximate surface area is 168 Å². The van der Waals surface area contributed by atoms with Crippen LogP contribution in [0.3, 0.4) is 0 Å². The third-order valence-corrected chi connectivity index (χ3v) is 7.96. The summed E-state index contributed by atoms with van der Waals surface area (Å²) in [4.78, 5) is 12.4. The van der Waals surface area contributed by atoms with Crippen molar-refractivity contribution in [1.82, 2.24) is 16.0 Å². The monoisotopic (exact) mass is 389 g/mol. The van der Waals surface area contributed by atoms with Crippen LogP contribution in [-0.2, 0) is 14.3 Å². The SMILES string of the molecule is COC(=O)C1=C(COC23CC4CC(CC(C4)C2)C3)N(C2CCCCCC2)NN1. The lowest BCUT2D eigenvalue weighted by atomic mass is 9.54. The van der Waals surface area contributed by atoms with Gasteiger partial charge in [0.2, 0.25) is 0 Å². The summed E-state index contributed by atoms with van der Waals surface area (Å²) in [5, 5.41) is 2.18. The number of nitrogens with zero attached hydrogens (tertiary/aromatic N) is 1. The summed E-state index contributed by atoms with van der Waals surface area (Å²) in [7, 11) is 1.45. The molecule has 4 bridgehead atoms. The summed E-state index contributed by atoms with van der Waals surface area (Å²) < 4.78 is 11.8.